The van der Waals surface area contributed by atoms with Crippen LogP contribution in [-0.2, 0) is 26.6 Å². The molecule has 5 aromatic rings. The Balaban J connectivity index is 1.28. The molecular weight excluding hydrogens is 767 g/mol. The predicted octanol–water partition coefficient (Wildman–Crippen LogP) is 10.0. The molecule has 0 aliphatic heterocycles. The van der Waals surface area contributed by atoms with Gasteiger partial charge < -0.3 is 9.30 Å². The van der Waals surface area contributed by atoms with Crippen molar-refractivity contribution in [3.8, 4) is 33.9 Å². The van der Waals surface area contributed by atoms with Gasteiger partial charge in [-0.05, 0) is 84.3 Å². The Labute approximate surface area is 298 Å². The molecule has 8 nitrogen and oxygen atoms in total. The summed E-state index contributed by atoms with van der Waals surface area (Å²) in [6.45, 7) is 2.67. The summed E-state index contributed by atoms with van der Waals surface area (Å²) in [5.41, 5.74) is -10.1. The molecule has 0 amide bonds. The maximum Gasteiger partial charge on any atom is 0.517 e. The number of imidazole rings is 1. The summed E-state index contributed by atoms with van der Waals surface area (Å²) in [5.74, 6) is 0.797. The smallest absolute Gasteiger partial charge is 0.457 e. The Kier molecular flexibility index (Phi) is 10.5. The summed E-state index contributed by atoms with van der Waals surface area (Å²) in [6, 6.07) is 21.8. The zero-order chi connectivity index (χ0) is 37.4. The van der Waals surface area contributed by atoms with Crippen LogP contribution in [-0.4, -0.2) is 37.4 Å². The fraction of sp³-hybridized carbons (Fsp3) is 0.121. The molecule has 0 aliphatic carbocycles. The van der Waals surface area contributed by atoms with Gasteiger partial charge >= 0.3 is 31.1 Å². The van der Waals surface area contributed by atoms with E-state index in [4.69, 9.17) is 32.9 Å². The van der Waals surface area contributed by atoms with E-state index in [1.165, 1.54) is 0 Å². The molecule has 51 heavy (non-hydrogen) atoms. The van der Waals surface area contributed by atoms with Gasteiger partial charge in [0.2, 0.25) is 0 Å². The number of anilines is 1. The minimum atomic E-state index is -7.00. The van der Waals surface area contributed by atoms with Gasteiger partial charge in [-0.2, -0.15) is 43.2 Å². The second kappa shape index (κ2) is 14.3. The highest BCUT2D eigenvalue weighted by Gasteiger charge is 2.61. The molecule has 0 atom stereocenters. The Bertz CT molecular complexity index is 2250. The standard InChI is InChI=1S/C33H23Cl2F6N3O5S2/c1-2-43-20-30(28-17-10-24(34)19-29(28)35)42-31(43)18-5-21-3-6-22(7-4-21)23-8-13-26(14-9-23)49-27-15-11-25(12-16-27)44(50(45,46)32(36,37)38)51(47,48)33(39,40)41/h3-20H,2H2,1H3. The number of ether oxygens (including phenoxy) is 1. The first-order chi connectivity index (χ1) is 23.8. The van der Waals surface area contributed by atoms with Gasteiger partial charge in [-0.15, -0.1) is 3.71 Å². The fourth-order valence-electron chi connectivity index (χ4n) is 4.68. The van der Waals surface area contributed by atoms with Crippen LogP contribution in [0.3, 0.4) is 0 Å². The number of nitrogens with zero attached hydrogens (tertiary/aromatic N) is 3. The summed E-state index contributed by atoms with van der Waals surface area (Å²) in [7, 11) is -14.0. The zero-order valence-electron chi connectivity index (χ0n) is 25.8. The van der Waals surface area contributed by atoms with Crippen molar-refractivity contribution in [3.05, 3.63) is 119 Å². The molecule has 0 N–H and O–H groups in total. The second-order valence-corrected chi connectivity index (χ2v) is 15.2. The summed E-state index contributed by atoms with van der Waals surface area (Å²) in [6.07, 6.45) is 5.70. The van der Waals surface area contributed by atoms with Gasteiger partial charge in [0.05, 0.1) is 16.4 Å². The van der Waals surface area contributed by atoms with Gasteiger partial charge in [0.25, 0.3) is 0 Å². The molecule has 0 saturated heterocycles. The molecule has 1 heterocycles. The third-order valence-corrected chi connectivity index (χ3v) is 11.4. The quantitative estimate of drug-likeness (QED) is 0.131. The Hall–Kier alpha value is -4.51. The fourth-order valence-corrected chi connectivity index (χ4v) is 7.90. The average molecular weight is 791 g/mol. The lowest BCUT2D eigenvalue weighted by molar-refractivity contribution is -0.0462. The van der Waals surface area contributed by atoms with E-state index in [1.807, 2.05) is 60.2 Å². The summed E-state index contributed by atoms with van der Waals surface area (Å²) < 4.78 is 132. The maximum absolute atomic E-state index is 13.1. The Morgan fingerprint density at radius 2 is 1.25 bits per heavy atom. The number of aryl methyl sites for hydroxylation is 1. The van der Waals surface area contributed by atoms with E-state index in [0.717, 1.165) is 40.2 Å². The normalized spacial score (nSPS) is 12.7. The molecular formula is C33H23Cl2F6N3O5S2. The van der Waals surface area contributed by atoms with E-state index < -0.39 is 40.5 Å². The molecule has 0 spiro atoms. The first kappa shape index (κ1) is 37.7. The van der Waals surface area contributed by atoms with Crippen LogP contribution in [0.15, 0.2) is 97.2 Å². The first-order valence-corrected chi connectivity index (χ1v) is 18.1. The van der Waals surface area contributed by atoms with Gasteiger partial charge in [0.1, 0.15) is 17.3 Å². The second-order valence-electron chi connectivity index (χ2n) is 10.6. The molecule has 0 saturated carbocycles. The minimum Gasteiger partial charge on any atom is -0.457 e. The van der Waals surface area contributed by atoms with Crippen molar-refractivity contribution in [1.82, 2.24) is 9.55 Å². The summed E-state index contributed by atoms with van der Waals surface area (Å²) >= 11 is 12.4. The minimum absolute atomic E-state index is 0.136. The van der Waals surface area contributed by atoms with E-state index in [1.54, 1.807) is 36.4 Å². The molecule has 4 aromatic carbocycles. The van der Waals surface area contributed by atoms with Crippen molar-refractivity contribution in [2.75, 3.05) is 3.71 Å². The monoisotopic (exact) mass is 789 g/mol. The van der Waals surface area contributed by atoms with Crippen LogP contribution in [0.25, 0.3) is 34.5 Å². The summed E-state index contributed by atoms with van der Waals surface area (Å²) in [5, 5.41) is 1.01. The van der Waals surface area contributed by atoms with Crippen molar-refractivity contribution in [1.29, 1.82) is 0 Å². The van der Waals surface area contributed by atoms with E-state index in [0.29, 0.717) is 34.4 Å². The third kappa shape index (κ3) is 8.03. The van der Waals surface area contributed by atoms with Crippen molar-refractivity contribution < 1.29 is 47.9 Å². The van der Waals surface area contributed by atoms with Crippen LogP contribution in [0.5, 0.6) is 11.5 Å². The first-order valence-electron chi connectivity index (χ1n) is 14.4. The molecule has 0 fully saturated rings. The number of hydrogen-bond acceptors (Lipinski definition) is 6. The molecule has 0 unspecified atom stereocenters. The van der Waals surface area contributed by atoms with E-state index in [9.17, 15) is 43.2 Å². The van der Waals surface area contributed by atoms with Gasteiger partial charge in [-0.1, -0.05) is 65.7 Å². The summed E-state index contributed by atoms with van der Waals surface area (Å²) in [4.78, 5) is 4.71. The van der Waals surface area contributed by atoms with Crippen LogP contribution in [0.4, 0.5) is 32.0 Å². The molecule has 18 heteroatoms. The number of rotatable bonds is 10. The molecule has 0 bridgehead atoms. The van der Waals surface area contributed by atoms with E-state index in [2.05, 4.69) is 0 Å². The number of alkyl halides is 6. The van der Waals surface area contributed by atoms with Crippen molar-refractivity contribution in [2.24, 2.45) is 0 Å². The van der Waals surface area contributed by atoms with E-state index in [-0.39, 0.29) is 11.5 Å². The highest BCUT2D eigenvalue weighted by atomic mass is 35.5. The lowest BCUT2D eigenvalue weighted by Gasteiger charge is -2.25. The number of benzene rings is 4. The van der Waals surface area contributed by atoms with Gasteiger partial charge in [-0.25, -0.2) is 4.98 Å². The topological polar surface area (TPSA) is 98.6 Å². The Morgan fingerprint density at radius 1 is 0.745 bits per heavy atom. The highest BCUT2D eigenvalue weighted by Crippen LogP contribution is 2.39. The molecule has 0 aliphatic rings. The van der Waals surface area contributed by atoms with Crippen LogP contribution >= 0.6 is 23.2 Å². The van der Waals surface area contributed by atoms with Crippen molar-refractivity contribution >= 4 is 61.1 Å². The van der Waals surface area contributed by atoms with Gasteiger partial charge in [-0.3, -0.25) is 0 Å². The largest absolute Gasteiger partial charge is 0.517 e. The number of aromatic nitrogens is 2. The van der Waals surface area contributed by atoms with Crippen LogP contribution < -0.4 is 8.45 Å². The average Bonchev–Trinajstić information content (AvgIpc) is 3.47. The lowest BCUT2D eigenvalue weighted by atomic mass is 10.0. The molecule has 268 valence electrons. The van der Waals surface area contributed by atoms with Crippen LogP contribution in [0.2, 0.25) is 10.0 Å². The highest BCUT2D eigenvalue weighted by molar-refractivity contribution is 8.11. The SMILES string of the molecule is CCn1cc(-c2ccc(Cl)cc2Cl)nc1C=Cc1ccc(-c2ccc(Oc3ccc(N(S(=O)(=O)C(F)(F)F)S(=O)(=O)C(F)(F)F)cc3)cc2)cc1. The third-order valence-electron chi connectivity index (χ3n) is 7.18. The lowest BCUT2D eigenvalue weighted by Crippen LogP contribution is -2.49. The van der Waals surface area contributed by atoms with E-state index >= 15 is 0 Å². The van der Waals surface area contributed by atoms with Crippen LogP contribution in [0.1, 0.15) is 18.3 Å². The molecule has 5 rings (SSSR count). The number of halogens is 8. The van der Waals surface area contributed by atoms with Gasteiger partial charge in [0, 0.05) is 23.3 Å². The maximum atomic E-state index is 13.1. The Morgan fingerprint density at radius 3 is 1.75 bits per heavy atom. The molecule has 0 radical (unpaired) electrons. The molecule has 1 aromatic heterocycles. The number of sulfonamides is 2. The van der Waals surface area contributed by atoms with Crippen LogP contribution in [0, 0.1) is 0 Å². The zero-order valence-corrected chi connectivity index (χ0v) is 29.0. The van der Waals surface area contributed by atoms with Gasteiger partial charge in [0.15, 0.2) is 0 Å². The predicted molar refractivity (Wildman–Crippen MR) is 183 cm³/mol. The van der Waals surface area contributed by atoms with Crippen molar-refractivity contribution in [3.63, 3.8) is 0 Å². The van der Waals surface area contributed by atoms with Crippen molar-refractivity contribution in [2.45, 2.75) is 24.5 Å². The number of hydrogen-bond donors (Lipinski definition) is 0.